The second-order valence-corrected chi connectivity index (χ2v) is 5.23. The number of hydrogen-bond donors (Lipinski definition) is 1. The Morgan fingerprint density at radius 1 is 1.35 bits per heavy atom. The van der Waals surface area contributed by atoms with E-state index in [-0.39, 0.29) is 4.88 Å². The van der Waals surface area contributed by atoms with Gasteiger partial charge >= 0.3 is 5.97 Å². The van der Waals surface area contributed by atoms with Crippen LogP contribution in [0.4, 0.5) is 0 Å². The molecule has 2 rings (SSSR count). The number of carboxylic acid groups (broad SMARTS) is 1. The summed E-state index contributed by atoms with van der Waals surface area (Å²) in [7, 11) is 0. The topological polar surface area (TPSA) is 46.5 Å². The maximum atomic E-state index is 10.7. The Morgan fingerprint density at radius 3 is 2.71 bits per heavy atom. The van der Waals surface area contributed by atoms with E-state index in [0.29, 0.717) is 11.5 Å². The summed E-state index contributed by atoms with van der Waals surface area (Å²) in [6.07, 6.45) is 0. The lowest BCUT2D eigenvalue weighted by molar-refractivity contribution is 0.0702. The molecule has 3 nitrogen and oxygen atoms in total. The summed E-state index contributed by atoms with van der Waals surface area (Å²) in [6.45, 7) is 1.97. The third-order valence-electron chi connectivity index (χ3n) is 2.15. The highest BCUT2D eigenvalue weighted by atomic mass is 79.9. The van der Waals surface area contributed by atoms with Crippen LogP contribution in [0.5, 0.6) is 11.5 Å². The molecule has 1 N–H and O–H groups in total. The largest absolute Gasteiger partial charge is 0.477 e. The van der Waals surface area contributed by atoms with Gasteiger partial charge in [0.15, 0.2) is 0 Å². The van der Waals surface area contributed by atoms with Crippen LogP contribution in [0.3, 0.4) is 0 Å². The molecule has 1 heterocycles. The van der Waals surface area contributed by atoms with E-state index in [2.05, 4.69) is 15.9 Å². The number of ether oxygens (including phenoxy) is 1. The Labute approximate surface area is 111 Å². The summed E-state index contributed by atoms with van der Waals surface area (Å²) in [4.78, 5) is 11.0. The monoisotopic (exact) mass is 312 g/mol. The minimum Gasteiger partial charge on any atom is -0.477 e. The second-order valence-electron chi connectivity index (χ2n) is 3.46. The quantitative estimate of drug-likeness (QED) is 0.918. The van der Waals surface area contributed by atoms with Gasteiger partial charge in [0.25, 0.3) is 0 Å². The minimum absolute atomic E-state index is 0.272. The van der Waals surface area contributed by atoms with Crippen LogP contribution in [0.15, 0.2) is 34.1 Å². The van der Waals surface area contributed by atoms with Gasteiger partial charge < -0.3 is 9.84 Å². The molecule has 0 aliphatic rings. The molecule has 0 amide bonds. The van der Waals surface area contributed by atoms with Gasteiger partial charge in [-0.3, -0.25) is 0 Å². The third-order valence-corrected chi connectivity index (χ3v) is 3.94. The number of carboxylic acids is 1. The Kier molecular flexibility index (Phi) is 3.49. The predicted octanol–water partition coefficient (Wildman–Crippen LogP) is 4.31. The van der Waals surface area contributed by atoms with E-state index < -0.39 is 5.97 Å². The van der Waals surface area contributed by atoms with Crippen molar-refractivity contribution in [3.63, 3.8) is 0 Å². The summed E-state index contributed by atoms with van der Waals surface area (Å²) < 4.78 is 6.59. The molecule has 0 spiro atoms. The highest BCUT2D eigenvalue weighted by molar-refractivity contribution is 9.10. The zero-order chi connectivity index (χ0) is 12.4. The lowest BCUT2D eigenvalue weighted by Crippen LogP contribution is -1.90. The van der Waals surface area contributed by atoms with Crippen LogP contribution in [-0.4, -0.2) is 11.1 Å². The van der Waals surface area contributed by atoms with Gasteiger partial charge in [-0.2, -0.15) is 0 Å². The molecule has 0 saturated heterocycles. The lowest BCUT2D eigenvalue weighted by Gasteiger charge is -2.05. The maximum Gasteiger partial charge on any atom is 0.346 e. The van der Waals surface area contributed by atoms with Crippen molar-refractivity contribution < 1.29 is 14.6 Å². The Balaban J connectivity index is 2.19. The molecule has 0 saturated carbocycles. The molecule has 2 aromatic rings. The van der Waals surface area contributed by atoms with E-state index >= 15 is 0 Å². The highest BCUT2D eigenvalue weighted by Gasteiger charge is 2.08. The van der Waals surface area contributed by atoms with Gasteiger partial charge in [0.1, 0.15) is 16.4 Å². The van der Waals surface area contributed by atoms with Crippen LogP contribution in [-0.2, 0) is 0 Å². The molecule has 1 aromatic carbocycles. The number of aryl methyl sites for hydroxylation is 1. The van der Waals surface area contributed by atoms with Crippen molar-refractivity contribution >= 4 is 33.2 Å². The zero-order valence-electron chi connectivity index (χ0n) is 8.94. The number of rotatable bonds is 3. The molecule has 0 aliphatic heterocycles. The van der Waals surface area contributed by atoms with E-state index in [0.717, 1.165) is 21.4 Å². The number of thiophene rings is 1. The van der Waals surface area contributed by atoms with Gasteiger partial charge in [-0.1, -0.05) is 15.9 Å². The molecule has 0 bridgehead atoms. The van der Waals surface area contributed by atoms with Crippen molar-refractivity contribution in [3.8, 4) is 11.5 Å². The third kappa shape index (κ3) is 2.87. The molecule has 88 valence electrons. The fourth-order valence-electron chi connectivity index (χ4n) is 1.30. The average molecular weight is 313 g/mol. The predicted molar refractivity (Wildman–Crippen MR) is 70.2 cm³/mol. The molecule has 0 atom stereocenters. The number of benzene rings is 1. The summed E-state index contributed by atoms with van der Waals surface area (Å²) in [5.41, 5.74) is 1.07. The van der Waals surface area contributed by atoms with Crippen LogP contribution in [0.2, 0.25) is 0 Å². The number of hydrogen-bond acceptors (Lipinski definition) is 3. The van der Waals surface area contributed by atoms with Gasteiger partial charge in [-0.15, -0.1) is 11.3 Å². The molecule has 5 heteroatoms. The van der Waals surface area contributed by atoms with Crippen molar-refractivity contribution in [1.82, 2.24) is 0 Å². The first kappa shape index (κ1) is 12.1. The summed E-state index contributed by atoms with van der Waals surface area (Å²) in [5.74, 6) is 0.311. The number of aromatic carboxylic acids is 1. The van der Waals surface area contributed by atoms with E-state index in [9.17, 15) is 4.79 Å². The first-order valence-corrected chi connectivity index (χ1v) is 6.49. The van der Waals surface area contributed by atoms with Crippen molar-refractivity contribution in [1.29, 1.82) is 0 Å². The molecule has 17 heavy (non-hydrogen) atoms. The van der Waals surface area contributed by atoms with Crippen LogP contribution in [0.1, 0.15) is 15.2 Å². The van der Waals surface area contributed by atoms with Crippen molar-refractivity contribution in [2.24, 2.45) is 0 Å². The van der Waals surface area contributed by atoms with Gasteiger partial charge in [0.2, 0.25) is 0 Å². The van der Waals surface area contributed by atoms with Crippen LogP contribution in [0, 0.1) is 6.92 Å². The summed E-state index contributed by atoms with van der Waals surface area (Å²) >= 11 is 4.56. The number of halogens is 1. The normalized spacial score (nSPS) is 10.2. The summed E-state index contributed by atoms with van der Waals surface area (Å²) in [6, 6.07) is 7.14. The highest BCUT2D eigenvalue weighted by Crippen LogP contribution is 2.29. The van der Waals surface area contributed by atoms with Crippen molar-refractivity contribution in [2.75, 3.05) is 0 Å². The van der Waals surface area contributed by atoms with E-state index in [1.165, 1.54) is 6.07 Å². The van der Waals surface area contributed by atoms with E-state index in [1.54, 1.807) is 5.38 Å². The average Bonchev–Trinajstić information content (AvgIpc) is 2.72. The van der Waals surface area contributed by atoms with Gasteiger partial charge in [0.05, 0.1) is 0 Å². The SMILES string of the molecule is Cc1cc(Oc2csc(C(=O)O)c2)ccc1Br. The molecular weight excluding hydrogens is 304 g/mol. The molecule has 1 aromatic heterocycles. The molecule has 0 fully saturated rings. The van der Waals surface area contributed by atoms with Crippen molar-refractivity contribution in [3.05, 3.63) is 44.6 Å². The number of carbonyl (C=O) groups is 1. The van der Waals surface area contributed by atoms with E-state index in [4.69, 9.17) is 9.84 Å². The second kappa shape index (κ2) is 4.89. The molecular formula is C12H9BrO3S. The Bertz CT molecular complexity index is 563. The van der Waals surface area contributed by atoms with Crippen molar-refractivity contribution in [2.45, 2.75) is 6.92 Å². The van der Waals surface area contributed by atoms with Gasteiger partial charge in [-0.25, -0.2) is 4.79 Å². The van der Waals surface area contributed by atoms with Gasteiger partial charge in [0, 0.05) is 15.9 Å². The smallest absolute Gasteiger partial charge is 0.346 e. The standard InChI is InChI=1S/C12H9BrO3S/c1-7-4-8(2-3-10(7)13)16-9-5-11(12(14)15)17-6-9/h2-6H,1H3,(H,14,15). The zero-order valence-corrected chi connectivity index (χ0v) is 11.3. The van der Waals surface area contributed by atoms with E-state index in [1.807, 2.05) is 25.1 Å². The first-order valence-electron chi connectivity index (χ1n) is 4.82. The Hall–Kier alpha value is -1.33. The molecule has 0 aliphatic carbocycles. The summed E-state index contributed by atoms with van der Waals surface area (Å²) in [5, 5.41) is 10.5. The van der Waals surface area contributed by atoms with Crippen LogP contribution < -0.4 is 4.74 Å². The fraction of sp³-hybridized carbons (Fsp3) is 0.0833. The fourth-order valence-corrected chi connectivity index (χ4v) is 2.19. The first-order chi connectivity index (χ1) is 8.06. The molecule has 0 unspecified atom stereocenters. The van der Waals surface area contributed by atoms with Crippen LogP contribution in [0.25, 0.3) is 0 Å². The lowest BCUT2D eigenvalue weighted by atomic mass is 10.2. The molecule has 0 radical (unpaired) electrons. The Morgan fingerprint density at radius 2 is 2.12 bits per heavy atom. The maximum absolute atomic E-state index is 10.7. The minimum atomic E-state index is -0.933. The van der Waals surface area contributed by atoms with Crippen LogP contribution >= 0.6 is 27.3 Å². The van der Waals surface area contributed by atoms with Gasteiger partial charge in [-0.05, 0) is 30.7 Å².